The first-order valence-corrected chi connectivity index (χ1v) is 7.21. The van der Waals surface area contributed by atoms with Crippen LogP contribution in [0.2, 0.25) is 0 Å². The first-order chi connectivity index (χ1) is 9.29. The fourth-order valence-corrected chi connectivity index (χ4v) is 1.96. The van der Waals surface area contributed by atoms with Gasteiger partial charge in [-0.1, -0.05) is 20.8 Å². The standard InChI is InChI=1S/C16H27N3O/c1-6-19(7-2)13-10-8-12(9-11-13)18-15(20)14(17)16(3,4)5/h8-11,14H,6-7,17H2,1-5H3,(H,18,20)/t14-/m1/s1. The molecule has 4 nitrogen and oxygen atoms in total. The number of nitrogens with one attached hydrogen (secondary N) is 1. The summed E-state index contributed by atoms with van der Waals surface area (Å²) in [4.78, 5) is 14.3. The van der Waals surface area contributed by atoms with Gasteiger partial charge in [-0.15, -0.1) is 0 Å². The summed E-state index contributed by atoms with van der Waals surface area (Å²) in [6, 6.07) is 7.35. The molecule has 0 fully saturated rings. The minimum absolute atomic E-state index is 0.145. The van der Waals surface area contributed by atoms with E-state index in [2.05, 4.69) is 24.1 Å². The highest BCUT2D eigenvalue weighted by Crippen LogP contribution is 2.21. The average Bonchev–Trinajstić information content (AvgIpc) is 2.40. The van der Waals surface area contributed by atoms with Gasteiger partial charge in [-0.05, 0) is 43.5 Å². The second-order valence-electron chi connectivity index (χ2n) is 6.05. The van der Waals surface area contributed by atoms with Crippen LogP contribution in [0, 0.1) is 5.41 Å². The van der Waals surface area contributed by atoms with Gasteiger partial charge in [0, 0.05) is 24.5 Å². The number of anilines is 2. The number of hydrogen-bond acceptors (Lipinski definition) is 3. The summed E-state index contributed by atoms with van der Waals surface area (Å²) in [7, 11) is 0. The third-order valence-electron chi connectivity index (χ3n) is 3.48. The second-order valence-corrected chi connectivity index (χ2v) is 6.05. The largest absolute Gasteiger partial charge is 0.372 e. The average molecular weight is 277 g/mol. The van der Waals surface area contributed by atoms with E-state index < -0.39 is 6.04 Å². The zero-order chi connectivity index (χ0) is 15.3. The first-order valence-electron chi connectivity index (χ1n) is 7.21. The molecule has 0 aliphatic carbocycles. The molecule has 0 heterocycles. The summed E-state index contributed by atoms with van der Waals surface area (Å²) < 4.78 is 0. The van der Waals surface area contributed by atoms with Crippen molar-refractivity contribution in [2.24, 2.45) is 11.1 Å². The molecule has 1 atom stereocenters. The summed E-state index contributed by atoms with van der Waals surface area (Å²) in [5.74, 6) is -0.145. The van der Waals surface area contributed by atoms with Crippen molar-refractivity contribution >= 4 is 17.3 Å². The maximum absolute atomic E-state index is 12.0. The molecule has 0 bridgehead atoms. The Bertz CT molecular complexity index is 430. The minimum atomic E-state index is -0.523. The minimum Gasteiger partial charge on any atom is -0.372 e. The number of rotatable bonds is 5. The van der Waals surface area contributed by atoms with Gasteiger partial charge in [-0.2, -0.15) is 0 Å². The Morgan fingerprint density at radius 3 is 2.10 bits per heavy atom. The van der Waals surface area contributed by atoms with Gasteiger partial charge in [0.25, 0.3) is 0 Å². The molecule has 3 N–H and O–H groups in total. The predicted molar refractivity (Wildman–Crippen MR) is 86.1 cm³/mol. The summed E-state index contributed by atoms with van der Waals surface area (Å²) in [5.41, 5.74) is 7.64. The number of nitrogens with two attached hydrogens (primary N) is 1. The Morgan fingerprint density at radius 1 is 1.20 bits per heavy atom. The van der Waals surface area contributed by atoms with Crippen molar-refractivity contribution in [3.05, 3.63) is 24.3 Å². The van der Waals surface area contributed by atoms with Gasteiger partial charge in [0.2, 0.25) is 5.91 Å². The van der Waals surface area contributed by atoms with Crippen molar-refractivity contribution < 1.29 is 4.79 Å². The second kappa shape index (κ2) is 6.75. The SMILES string of the molecule is CCN(CC)c1ccc(NC(=O)[C@@H](N)C(C)(C)C)cc1. The third-order valence-corrected chi connectivity index (χ3v) is 3.48. The van der Waals surface area contributed by atoms with E-state index in [1.165, 1.54) is 0 Å². The van der Waals surface area contributed by atoms with Gasteiger partial charge < -0.3 is 16.0 Å². The molecule has 0 unspecified atom stereocenters. The number of carbonyl (C=O) groups is 1. The van der Waals surface area contributed by atoms with Crippen LogP contribution in [0.1, 0.15) is 34.6 Å². The molecule has 0 aromatic heterocycles. The number of benzene rings is 1. The molecule has 1 aromatic carbocycles. The number of carbonyl (C=O) groups excluding carboxylic acids is 1. The van der Waals surface area contributed by atoms with Crippen LogP contribution in [0.15, 0.2) is 24.3 Å². The van der Waals surface area contributed by atoms with Crippen LogP contribution < -0.4 is 16.0 Å². The Labute approximate surface area is 122 Å². The van der Waals surface area contributed by atoms with E-state index >= 15 is 0 Å². The van der Waals surface area contributed by atoms with Crippen molar-refractivity contribution in [2.75, 3.05) is 23.3 Å². The molecule has 0 spiro atoms. The quantitative estimate of drug-likeness (QED) is 0.870. The molecule has 1 amide bonds. The van der Waals surface area contributed by atoms with Crippen LogP contribution in [0.3, 0.4) is 0 Å². The van der Waals surface area contributed by atoms with E-state index in [9.17, 15) is 4.79 Å². The van der Waals surface area contributed by atoms with Crippen LogP contribution in [-0.4, -0.2) is 25.0 Å². The fourth-order valence-electron chi connectivity index (χ4n) is 1.96. The lowest BCUT2D eigenvalue weighted by atomic mass is 9.87. The Kier molecular flexibility index (Phi) is 5.57. The maximum Gasteiger partial charge on any atom is 0.241 e. The predicted octanol–water partition coefficient (Wildman–Crippen LogP) is 2.84. The number of hydrogen-bond donors (Lipinski definition) is 2. The zero-order valence-electron chi connectivity index (χ0n) is 13.2. The molecule has 0 saturated carbocycles. The highest BCUT2D eigenvalue weighted by molar-refractivity contribution is 5.95. The molecule has 20 heavy (non-hydrogen) atoms. The van der Waals surface area contributed by atoms with E-state index in [-0.39, 0.29) is 11.3 Å². The topological polar surface area (TPSA) is 58.4 Å². The van der Waals surface area contributed by atoms with Crippen molar-refractivity contribution in [3.8, 4) is 0 Å². The van der Waals surface area contributed by atoms with Crippen LogP contribution in [0.4, 0.5) is 11.4 Å². The lowest BCUT2D eigenvalue weighted by Crippen LogP contribution is -2.45. The molecular weight excluding hydrogens is 250 g/mol. The maximum atomic E-state index is 12.0. The van der Waals surface area contributed by atoms with E-state index in [0.29, 0.717) is 0 Å². The third kappa shape index (κ3) is 4.23. The Hall–Kier alpha value is -1.55. The summed E-state index contributed by atoms with van der Waals surface area (Å²) in [6.07, 6.45) is 0. The zero-order valence-corrected chi connectivity index (χ0v) is 13.2. The molecule has 112 valence electrons. The Morgan fingerprint density at radius 2 is 1.70 bits per heavy atom. The molecule has 4 heteroatoms. The van der Waals surface area contributed by atoms with Crippen molar-refractivity contribution in [1.82, 2.24) is 0 Å². The van der Waals surface area contributed by atoms with Crippen LogP contribution in [0.5, 0.6) is 0 Å². The molecule has 0 radical (unpaired) electrons. The lowest BCUT2D eigenvalue weighted by molar-refractivity contribution is -0.119. The van der Waals surface area contributed by atoms with Crippen LogP contribution in [0.25, 0.3) is 0 Å². The van der Waals surface area contributed by atoms with Crippen LogP contribution in [-0.2, 0) is 4.79 Å². The molecule has 1 rings (SSSR count). The number of amides is 1. The van der Waals surface area contributed by atoms with E-state index in [4.69, 9.17) is 5.73 Å². The van der Waals surface area contributed by atoms with Gasteiger partial charge in [0.05, 0.1) is 6.04 Å². The summed E-state index contributed by atoms with van der Waals surface area (Å²) in [6.45, 7) is 12.1. The van der Waals surface area contributed by atoms with Crippen LogP contribution >= 0.6 is 0 Å². The molecule has 0 aliphatic rings. The highest BCUT2D eigenvalue weighted by Gasteiger charge is 2.27. The number of nitrogens with zero attached hydrogens (tertiary/aromatic N) is 1. The highest BCUT2D eigenvalue weighted by atomic mass is 16.2. The fraction of sp³-hybridized carbons (Fsp3) is 0.562. The molecule has 0 aliphatic heterocycles. The lowest BCUT2D eigenvalue weighted by Gasteiger charge is -2.26. The van der Waals surface area contributed by atoms with Crippen molar-refractivity contribution in [2.45, 2.75) is 40.7 Å². The Balaban J connectivity index is 2.73. The normalized spacial score (nSPS) is 12.9. The van der Waals surface area contributed by atoms with Crippen molar-refractivity contribution in [3.63, 3.8) is 0 Å². The molecule has 0 saturated heterocycles. The monoisotopic (exact) mass is 277 g/mol. The summed E-state index contributed by atoms with van der Waals surface area (Å²) >= 11 is 0. The van der Waals surface area contributed by atoms with E-state index in [1.54, 1.807) is 0 Å². The smallest absolute Gasteiger partial charge is 0.241 e. The van der Waals surface area contributed by atoms with Gasteiger partial charge >= 0.3 is 0 Å². The molecule has 1 aromatic rings. The van der Waals surface area contributed by atoms with E-state index in [0.717, 1.165) is 24.5 Å². The van der Waals surface area contributed by atoms with Gasteiger partial charge in [-0.25, -0.2) is 0 Å². The first kappa shape index (κ1) is 16.5. The van der Waals surface area contributed by atoms with Gasteiger partial charge in [0.15, 0.2) is 0 Å². The van der Waals surface area contributed by atoms with Gasteiger partial charge in [0.1, 0.15) is 0 Å². The van der Waals surface area contributed by atoms with Gasteiger partial charge in [-0.3, -0.25) is 4.79 Å². The van der Waals surface area contributed by atoms with Crippen molar-refractivity contribution in [1.29, 1.82) is 0 Å². The van der Waals surface area contributed by atoms with E-state index in [1.807, 2.05) is 45.0 Å². The molecular formula is C16H27N3O. The summed E-state index contributed by atoms with van der Waals surface area (Å²) in [5, 5.41) is 2.87.